The molecule has 1 spiro atoms. The molecular weight excluding hydrogens is 320 g/mol. The third-order valence-electron chi connectivity index (χ3n) is 6.46. The summed E-state index contributed by atoms with van der Waals surface area (Å²) in [6.45, 7) is 2.09. The van der Waals surface area contributed by atoms with Crippen molar-refractivity contribution in [3.8, 4) is 0 Å². The third kappa shape index (κ3) is 2.42. The van der Waals surface area contributed by atoms with Gasteiger partial charge in [-0.15, -0.1) is 0 Å². The fourth-order valence-corrected chi connectivity index (χ4v) is 5.10. The van der Waals surface area contributed by atoms with E-state index >= 15 is 0 Å². The summed E-state index contributed by atoms with van der Waals surface area (Å²) >= 11 is 0. The monoisotopic (exact) mass is 344 g/mol. The predicted octanol–water partition coefficient (Wildman–Crippen LogP) is 3.91. The van der Waals surface area contributed by atoms with E-state index in [4.69, 9.17) is 0 Å². The fourth-order valence-electron chi connectivity index (χ4n) is 5.10. The number of anilines is 1. The fraction of sp³-hybridized carbons (Fsp3) is 0.348. The number of carbonyl (C=O) groups is 1. The lowest BCUT2D eigenvalue weighted by atomic mass is 9.68. The zero-order valence-electron chi connectivity index (χ0n) is 14.9. The molecule has 26 heavy (non-hydrogen) atoms. The molecule has 132 valence electrons. The van der Waals surface area contributed by atoms with Gasteiger partial charge in [0.15, 0.2) is 0 Å². The van der Waals surface area contributed by atoms with Crippen molar-refractivity contribution in [1.29, 1.82) is 0 Å². The molecule has 3 heteroatoms. The van der Waals surface area contributed by atoms with Crippen molar-refractivity contribution >= 4 is 17.7 Å². The Morgan fingerprint density at radius 2 is 1.77 bits per heavy atom. The molecule has 0 saturated carbocycles. The van der Waals surface area contributed by atoms with Crippen molar-refractivity contribution in [2.24, 2.45) is 5.92 Å². The van der Waals surface area contributed by atoms with E-state index in [2.05, 4.69) is 53.1 Å². The van der Waals surface area contributed by atoms with Gasteiger partial charge in [-0.1, -0.05) is 54.1 Å². The van der Waals surface area contributed by atoms with Crippen molar-refractivity contribution in [1.82, 2.24) is 5.32 Å². The number of hydrogen-bond donors (Lipinski definition) is 2. The SMILES string of the molecule is O=C1Nc2ccccc2CC1CC1=Cc2ccccc2C12CCNCC2. The maximum atomic E-state index is 12.7. The molecular formula is C23H24N2O. The predicted molar refractivity (Wildman–Crippen MR) is 105 cm³/mol. The summed E-state index contributed by atoms with van der Waals surface area (Å²) in [6, 6.07) is 17.0. The highest BCUT2D eigenvalue weighted by Crippen LogP contribution is 2.50. The van der Waals surface area contributed by atoms with Crippen molar-refractivity contribution < 1.29 is 4.79 Å². The first-order valence-corrected chi connectivity index (χ1v) is 9.66. The number of hydrogen-bond acceptors (Lipinski definition) is 2. The molecule has 2 aromatic rings. The van der Waals surface area contributed by atoms with Crippen LogP contribution in [0, 0.1) is 5.92 Å². The second-order valence-electron chi connectivity index (χ2n) is 7.84. The van der Waals surface area contributed by atoms with Crippen LogP contribution in [-0.4, -0.2) is 19.0 Å². The molecule has 2 aliphatic heterocycles. The maximum Gasteiger partial charge on any atom is 0.228 e. The minimum absolute atomic E-state index is 0.0252. The standard InChI is InChI=1S/C23H24N2O/c26-22-18(13-17-6-2-4-8-21(17)25-22)15-19-14-16-5-1-3-7-20(16)23(19)9-11-24-12-10-23/h1-8,14,18,24H,9-13,15H2,(H,25,26). The first-order chi connectivity index (χ1) is 12.8. The van der Waals surface area contributed by atoms with Crippen LogP contribution >= 0.6 is 0 Å². The van der Waals surface area contributed by atoms with Gasteiger partial charge in [0.05, 0.1) is 0 Å². The number of rotatable bonds is 2. The molecule has 0 aromatic heterocycles. The first kappa shape index (κ1) is 15.8. The lowest BCUT2D eigenvalue weighted by molar-refractivity contribution is -0.120. The van der Waals surface area contributed by atoms with Gasteiger partial charge < -0.3 is 10.6 Å². The molecule has 3 aliphatic rings. The Labute approximate surface area is 154 Å². The van der Waals surface area contributed by atoms with Crippen LogP contribution in [0.1, 0.15) is 36.0 Å². The van der Waals surface area contributed by atoms with Crippen molar-refractivity contribution in [3.63, 3.8) is 0 Å². The van der Waals surface area contributed by atoms with E-state index in [1.165, 1.54) is 22.3 Å². The van der Waals surface area contributed by atoms with Crippen LogP contribution < -0.4 is 10.6 Å². The Morgan fingerprint density at radius 3 is 2.65 bits per heavy atom. The second kappa shape index (κ2) is 6.10. The average molecular weight is 344 g/mol. The van der Waals surface area contributed by atoms with Gasteiger partial charge in [0.1, 0.15) is 0 Å². The maximum absolute atomic E-state index is 12.7. The van der Waals surface area contributed by atoms with Crippen LogP contribution in [0.2, 0.25) is 0 Å². The molecule has 1 unspecified atom stereocenters. The molecule has 1 saturated heterocycles. The zero-order valence-corrected chi connectivity index (χ0v) is 14.9. The van der Waals surface area contributed by atoms with Gasteiger partial charge >= 0.3 is 0 Å². The molecule has 3 nitrogen and oxygen atoms in total. The van der Waals surface area contributed by atoms with E-state index in [1.54, 1.807) is 0 Å². The summed E-state index contributed by atoms with van der Waals surface area (Å²) in [5.41, 5.74) is 6.63. The summed E-state index contributed by atoms with van der Waals surface area (Å²) in [5.74, 6) is 0.196. The summed E-state index contributed by atoms with van der Waals surface area (Å²) in [5, 5.41) is 6.62. The Kier molecular flexibility index (Phi) is 3.71. The summed E-state index contributed by atoms with van der Waals surface area (Å²) in [6.07, 6.45) is 6.31. The van der Waals surface area contributed by atoms with Crippen LogP contribution in [0.4, 0.5) is 5.69 Å². The van der Waals surface area contributed by atoms with Gasteiger partial charge in [-0.3, -0.25) is 4.79 Å². The topological polar surface area (TPSA) is 41.1 Å². The van der Waals surface area contributed by atoms with Gasteiger partial charge in [0, 0.05) is 17.0 Å². The minimum atomic E-state index is 0.0252. The molecule has 1 amide bonds. The molecule has 2 aromatic carbocycles. The lowest BCUT2D eigenvalue weighted by Crippen LogP contribution is -2.41. The Bertz CT molecular complexity index is 893. The van der Waals surface area contributed by atoms with E-state index in [1.807, 2.05) is 12.1 Å². The summed E-state index contributed by atoms with van der Waals surface area (Å²) < 4.78 is 0. The van der Waals surface area contributed by atoms with E-state index in [-0.39, 0.29) is 17.2 Å². The number of piperidine rings is 1. The highest BCUT2D eigenvalue weighted by molar-refractivity contribution is 5.96. The normalized spacial score (nSPS) is 23.2. The van der Waals surface area contributed by atoms with Gasteiger partial charge in [0.25, 0.3) is 0 Å². The van der Waals surface area contributed by atoms with Gasteiger partial charge in [-0.05, 0) is 61.5 Å². The largest absolute Gasteiger partial charge is 0.326 e. The minimum Gasteiger partial charge on any atom is -0.326 e. The van der Waals surface area contributed by atoms with Crippen LogP contribution in [-0.2, 0) is 16.6 Å². The lowest BCUT2D eigenvalue weighted by Gasteiger charge is -2.39. The molecule has 0 bridgehead atoms. The summed E-state index contributed by atoms with van der Waals surface area (Å²) in [4.78, 5) is 12.7. The first-order valence-electron chi connectivity index (χ1n) is 9.66. The average Bonchev–Trinajstić information content (AvgIpc) is 2.96. The number of carbonyl (C=O) groups excluding carboxylic acids is 1. The van der Waals surface area contributed by atoms with E-state index in [9.17, 15) is 4.79 Å². The molecule has 1 fully saturated rings. The molecule has 5 rings (SSSR count). The number of para-hydroxylation sites is 1. The van der Waals surface area contributed by atoms with Gasteiger partial charge in [0.2, 0.25) is 5.91 Å². The number of amides is 1. The summed E-state index contributed by atoms with van der Waals surface area (Å²) in [7, 11) is 0. The number of nitrogens with one attached hydrogen (secondary N) is 2. The van der Waals surface area contributed by atoms with E-state index in [0.717, 1.165) is 44.5 Å². The highest BCUT2D eigenvalue weighted by Gasteiger charge is 2.43. The molecule has 0 radical (unpaired) electrons. The van der Waals surface area contributed by atoms with Gasteiger partial charge in [-0.2, -0.15) is 0 Å². The van der Waals surface area contributed by atoms with Crippen molar-refractivity contribution in [2.45, 2.75) is 31.1 Å². The Morgan fingerprint density at radius 1 is 1.00 bits per heavy atom. The molecule has 1 aliphatic carbocycles. The van der Waals surface area contributed by atoms with Gasteiger partial charge in [-0.25, -0.2) is 0 Å². The smallest absolute Gasteiger partial charge is 0.228 e. The third-order valence-corrected chi connectivity index (χ3v) is 6.46. The second-order valence-corrected chi connectivity index (χ2v) is 7.84. The van der Waals surface area contributed by atoms with E-state index in [0.29, 0.717) is 0 Å². The van der Waals surface area contributed by atoms with Crippen molar-refractivity contribution in [2.75, 3.05) is 18.4 Å². The van der Waals surface area contributed by atoms with Crippen LogP contribution in [0.15, 0.2) is 54.1 Å². The number of allylic oxidation sites excluding steroid dienone is 1. The Balaban J connectivity index is 1.48. The number of benzene rings is 2. The van der Waals surface area contributed by atoms with Crippen LogP contribution in [0.25, 0.3) is 6.08 Å². The Hall–Kier alpha value is -2.39. The molecule has 2 heterocycles. The van der Waals surface area contributed by atoms with Crippen molar-refractivity contribution in [3.05, 3.63) is 70.8 Å². The molecule has 1 atom stereocenters. The van der Waals surface area contributed by atoms with Crippen LogP contribution in [0.3, 0.4) is 0 Å². The quantitative estimate of drug-likeness (QED) is 0.867. The number of fused-ring (bicyclic) bond motifs is 3. The van der Waals surface area contributed by atoms with Crippen LogP contribution in [0.5, 0.6) is 0 Å². The molecule has 2 N–H and O–H groups in total. The highest BCUT2D eigenvalue weighted by atomic mass is 16.1. The zero-order chi connectivity index (χ0) is 17.6. The van der Waals surface area contributed by atoms with E-state index < -0.39 is 0 Å².